The van der Waals surface area contributed by atoms with Crippen molar-refractivity contribution in [2.75, 3.05) is 11.5 Å². The van der Waals surface area contributed by atoms with Crippen LogP contribution in [0.3, 0.4) is 0 Å². The quantitative estimate of drug-likeness (QED) is 0.701. The lowest BCUT2D eigenvalue weighted by molar-refractivity contribution is 0.248. The van der Waals surface area contributed by atoms with Gasteiger partial charge in [0.1, 0.15) is 0 Å². The largest absolute Gasteiger partial charge is 0.388 e. The maximum atomic E-state index is 9.60. The maximum Gasteiger partial charge on any atom is 0.0811 e. The molecule has 1 N–H and O–H groups in total. The van der Waals surface area contributed by atoms with E-state index in [1.54, 1.807) is 0 Å². The summed E-state index contributed by atoms with van der Waals surface area (Å²) in [6.45, 7) is 2.10. The Morgan fingerprint density at radius 1 is 1.33 bits per heavy atom. The number of allylic oxidation sites excluding steroid dienone is 1. The molecule has 0 aromatic rings. The third kappa shape index (κ3) is 6.26. The molecule has 0 amide bonds. The standard InChI is InChI=1S/C13H24OS/c1-2-3-9-13(14)11-15-10-12-7-5-4-6-8-12/h3,9,12-14H,2,4-8,10-11H2,1H3/b9-3+/t13-/m1/s1. The van der Waals surface area contributed by atoms with Gasteiger partial charge in [-0.15, -0.1) is 0 Å². The van der Waals surface area contributed by atoms with Gasteiger partial charge in [0.05, 0.1) is 6.10 Å². The molecule has 1 aliphatic rings. The summed E-state index contributed by atoms with van der Waals surface area (Å²) in [4.78, 5) is 0. The molecule has 0 aromatic heterocycles. The molecule has 1 nitrogen and oxygen atoms in total. The molecule has 0 spiro atoms. The van der Waals surface area contributed by atoms with E-state index in [-0.39, 0.29) is 6.10 Å². The van der Waals surface area contributed by atoms with Crippen LogP contribution in [-0.2, 0) is 0 Å². The Kier molecular flexibility index (Phi) is 7.20. The van der Waals surface area contributed by atoms with Crippen molar-refractivity contribution in [3.05, 3.63) is 12.2 Å². The number of aliphatic hydroxyl groups excluding tert-OH is 1. The van der Waals surface area contributed by atoms with Gasteiger partial charge in [0, 0.05) is 5.75 Å². The van der Waals surface area contributed by atoms with Crippen LogP contribution < -0.4 is 0 Å². The first-order chi connectivity index (χ1) is 7.33. The molecule has 1 saturated carbocycles. The Hall–Kier alpha value is 0.0500. The van der Waals surface area contributed by atoms with Crippen molar-refractivity contribution in [2.24, 2.45) is 5.92 Å². The Morgan fingerprint density at radius 2 is 2.07 bits per heavy atom. The van der Waals surface area contributed by atoms with Gasteiger partial charge >= 0.3 is 0 Å². The molecule has 1 fully saturated rings. The minimum atomic E-state index is -0.237. The molecule has 1 rings (SSSR count). The third-order valence-corrected chi connectivity index (χ3v) is 4.25. The summed E-state index contributed by atoms with van der Waals surface area (Å²) in [5, 5.41) is 9.60. The van der Waals surface area contributed by atoms with Crippen LogP contribution in [0.2, 0.25) is 0 Å². The van der Waals surface area contributed by atoms with Gasteiger partial charge in [0.15, 0.2) is 0 Å². The van der Waals surface area contributed by atoms with E-state index in [0.717, 1.165) is 18.1 Å². The predicted octanol–water partition coefficient (Wildman–Crippen LogP) is 3.63. The van der Waals surface area contributed by atoms with Crippen molar-refractivity contribution in [3.63, 3.8) is 0 Å². The number of thioether (sulfide) groups is 1. The van der Waals surface area contributed by atoms with Gasteiger partial charge in [0.25, 0.3) is 0 Å². The monoisotopic (exact) mass is 228 g/mol. The second kappa shape index (κ2) is 8.23. The first-order valence-electron chi connectivity index (χ1n) is 6.25. The smallest absolute Gasteiger partial charge is 0.0811 e. The van der Waals surface area contributed by atoms with Gasteiger partial charge in [-0.3, -0.25) is 0 Å². The van der Waals surface area contributed by atoms with E-state index in [4.69, 9.17) is 0 Å². The first-order valence-corrected chi connectivity index (χ1v) is 7.41. The van der Waals surface area contributed by atoms with Crippen molar-refractivity contribution >= 4 is 11.8 Å². The van der Waals surface area contributed by atoms with E-state index in [0.29, 0.717) is 0 Å². The Morgan fingerprint density at radius 3 is 2.73 bits per heavy atom. The summed E-state index contributed by atoms with van der Waals surface area (Å²) in [6, 6.07) is 0. The second-order valence-corrected chi connectivity index (χ2v) is 5.52. The van der Waals surface area contributed by atoms with Crippen LogP contribution in [0.1, 0.15) is 45.4 Å². The third-order valence-electron chi connectivity index (χ3n) is 2.96. The average Bonchev–Trinajstić information content (AvgIpc) is 2.28. The van der Waals surface area contributed by atoms with Crippen molar-refractivity contribution in [2.45, 2.75) is 51.6 Å². The molecular weight excluding hydrogens is 204 g/mol. The van der Waals surface area contributed by atoms with Gasteiger partial charge < -0.3 is 5.11 Å². The topological polar surface area (TPSA) is 20.2 Å². The van der Waals surface area contributed by atoms with Crippen LogP contribution in [0.25, 0.3) is 0 Å². The predicted molar refractivity (Wildman–Crippen MR) is 69.3 cm³/mol. The summed E-state index contributed by atoms with van der Waals surface area (Å²) < 4.78 is 0. The normalized spacial score (nSPS) is 20.9. The van der Waals surface area contributed by atoms with E-state index in [1.165, 1.54) is 37.9 Å². The molecule has 0 bridgehead atoms. The van der Waals surface area contributed by atoms with Crippen molar-refractivity contribution < 1.29 is 5.11 Å². The molecule has 88 valence electrons. The zero-order valence-electron chi connectivity index (χ0n) is 9.82. The number of hydrogen-bond acceptors (Lipinski definition) is 2. The molecule has 15 heavy (non-hydrogen) atoms. The minimum absolute atomic E-state index is 0.237. The molecule has 1 aliphatic carbocycles. The summed E-state index contributed by atoms with van der Waals surface area (Å²) >= 11 is 1.92. The van der Waals surface area contributed by atoms with E-state index >= 15 is 0 Å². The highest BCUT2D eigenvalue weighted by Crippen LogP contribution is 2.26. The number of rotatable bonds is 6. The molecule has 0 unspecified atom stereocenters. The number of aliphatic hydroxyl groups is 1. The molecule has 1 atom stereocenters. The van der Waals surface area contributed by atoms with Crippen molar-refractivity contribution in [1.82, 2.24) is 0 Å². The van der Waals surface area contributed by atoms with E-state index in [9.17, 15) is 5.11 Å². The van der Waals surface area contributed by atoms with Crippen LogP contribution in [0.4, 0.5) is 0 Å². The summed E-state index contributed by atoms with van der Waals surface area (Å²) in [5.41, 5.74) is 0. The van der Waals surface area contributed by atoms with Crippen molar-refractivity contribution in [3.8, 4) is 0 Å². The lowest BCUT2D eigenvalue weighted by Gasteiger charge is -2.21. The van der Waals surface area contributed by atoms with Gasteiger partial charge in [-0.1, -0.05) is 38.3 Å². The van der Waals surface area contributed by atoms with Crippen LogP contribution in [0, 0.1) is 5.92 Å². The Labute approximate surface area is 98.3 Å². The van der Waals surface area contributed by atoms with Gasteiger partial charge in [-0.2, -0.15) is 11.8 Å². The number of hydrogen-bond donors (Lipinski definition) is 1. The fourth-order valence-electron chi connectivity index (χ4n) is 2.06. The van der Waals surface area contributed by atoms with E-state index in [2.05, 4.69) is 6.92 Å². The highest BCUT2D eigenvalue weighted by atomic mass is 32.2. The van der Waals surface area contributed by atoms with Gasteiger partial charge in [-0.25, -0.2) is 0 Å². The van der Waals surface area contributed by atoms with E-state index < -0.39 is 0 Å². The van der Waals surface area contributed by atoms with Crippen LogP contribution in [0.5, 0.6) is 0 Å². The Balaban J connectivity index is 2.01. The summed E-state index contributed by atoms with van der Waals surface area (Å²) in [5.74, 6) is 3.04. The second-order valence-electron chi connectivity index (χ2n) is 4.45. The molecule has 0 aromatic carbocycles. The van der Waals surface area contributed by atoms with Crippen LogP contribution in [0.15, 0.2) is 12.2 Å². The average molecular weight is 228 g/mol. The SMILES string of the molecule is CC/C=C/[C@@H](O)CSCC1CCCCC1. The fourth-order valence-corrected chi connectivity index (χ4v) is 3.21. The molecule has 0 heterocycles. The lowest BCUT2D eigenvalue weighted by atomic mass is 9.91. The fraction of sp³-hybridized carbons (Fsp3) is 0.846. The maximum absolute atomic E-state index is 9.60. The van der Waals surface area contributed by atoms with Crippen molar-refractivity contribution in [1.29, 1.82) is 0 Å². The van der Waals surface area contributed by atoms with E-state index in [1.807, 2.05) is 23.9 Å². The zero-order chi connectivity index (χ0) is 10.9. The first kappa shape index (κ1) is 13.1. The minimum Gasteiger partial charge on any atom is -0.388 e. The van der Waals surface area contributed by atoms with Crippen LogP contribution in [-0.4, -0.2) is 22.7 Å². The van der Waals surface area contributed by atoms with Gasteiger partial charge in [0.2, 0.25) is 0 Å². The summed E-state index contributed by atoms with van der Waals surface area (Å²) in [7, 11) is 0. The molecular formula is C13H24OS. The molecule has 0 aliphatic heterocycles. The molecule has 0 radical (unpaired) electrons. The molecule has 0 saturated heterocycles. The summed E-state index contributed by atoms with van der Waals surface area (Å²) in [6.07, 6.45) is 11.8. The highest BCUT2D eigenvalue weighted by molar-refractivity contribution is 7.99. The zero-order valence-corrected chi connectivity index (χ0v) is 10.6. The van der Waals surface area contributed by atoms with Gasteiger partial charge in [-0.05, 0) is 30.9 Å². The Bertz CT molecular complexity index is 173. The van der Waals surface area contributed by atoms with Crippen LogP contribution >= 0.6 is 11.8 Å². The molecule has 2 heteroatoms. The lowest BCUT2D eigenvalue weighted by Crippen LogP contribution is -2.12. The highest BCUT2D eigenvalue weighted by Gasteiger charge is 2.13.